The highest BCUT2D eigenvalue weighted by molar-refractivity contribution is 6.14. The summed E-state index contributed by atoms with van der Waals surface area (Å²) in [4.78, 5) is 49.3. The monoisotopic (exact) mass is 430 g/mol. The molecule has 162 valence electrons. The van der Waals surface area contributed by atoms with Crippen molar-refractivity contribution in [2.45, 2.75) is 13.8 Å². The Morgan fingerprint density at radius 3 is 1.81 bits per heavy atom. The van der Waals surface area contributed by atoms with Crippen molar-refractivity contribution < 1.29 is 23.9 Å². The second-order valence-electron chi connectivity index (χ2n) is 7.19. The molecular weight excluding hydrogens is 408 g/mol. The average molecular weight is 430 g/mol. The van der Waals surface area contributed by atoms with Crippen LogP contribution in [-0.4, -0.2) is 30.2 Å². The minimum atomic E-state index is -0.818. The zero-order chi connectivity index (χ0) is 23.1. The number of ether oxygens (including phenoxy) is 1. The van der Waals surface area contributed by atoms with Crippen LogP contribution in [0.5, 0.6) is 0 Å². The van der Waals surface area contributed by atoms with E-state index in [0.29, 0.717) is 11.1 Å². The number of ketones is 1. The lowest BCUT2D eigenvalue weighted by Crippen LogP contribution is -2.43. The molecule has 0 atom stereocenters. The molecule has 0 unspecified atom stereocenters. The van der Waals surface area contributed by atoms with Crippen LogP contribution < -0.4 is 10.9 Å². The standard InChI is InChI=1S/C25H22N2O5/c1-16-7-11-18(12-8-16)23(29)20-5-3-4-6-21(20)25(31)32-15-22(28)26-27-24(30)19-13-9-17(2)10-14-19/h3-14H,15H2,1-2H3,(H,26,28)(H,27,30). The molecule has 0 spiro atoms. The first-order valence-electron chi connectivity index (χ1n) is 9.88. The zero-order valence-corrected chi connectivity index (χ0v) is 17.7. The lowest BCUT2D eigenvalue weighted by atomic mass is 9.98. The van der Waals surface area contributed by atoms with Crippen LogP contribution in [0.25, 0.3) is 0 Å². The molecule has 0 aliphatic heterocycles. The minimum absolute atomic E-state index is 0.0505. The maximum atomic E-state index is 12.8. The van der Waals surface area contributed by atoms with Gasteiger partial charge in [-0.3, -0.25) is 25.2 Å². The van der Waals surface area contributed by atoms with Crippen molar-refractivity contribution in [2.75, 3.05) is 6.61 Å². The molecule has 0 saturated carbocycles. The van der Waals surface area contributed by atoms with Gasteiger partial charge in [0, 0.05) is 16.7 Å². The largest absolute Gasteiger partial charge is 0.452 e. The fourth-order valence-electron chi connectivity index (χ4n) is 2.87. The third-order valence-corrected chi connectivity index (χ3v) is 4.67. The van der Waals surface area contributed by atoms with E-state index in [1.807, 2.05) is 26.0 Å². The van der Waals surface area contributed by atoms with Gasteiger partial charge < -0.3 is 4.74 Å². The third-order valence-electron chi connectivity index (χ3n) is 4.67. The van der Waals surface area contributed by atoms with Crippen molar-refractivity contribution in [3.8, 4) is 0 Å². The quantitative estimate of drug-likeness (QED) is 0.355. The highest BCUT2D eigenvalue weighted by Crippen LogP contribution is 2.16. The van der Waals surface area contributed by atoms with Crippen molar-refractivity contribution >= 4 is 23.6 Å². The van der Waals surface area contributed by atoms with E-state index in [4.69, 9.17) is 4.74 Å². The summed E-state index contributed by atoms with van der Waals surface area (Å²) in [5, 5.41) is 0. The van der Waals surface area contributed by atoms with Gasteiger partial charge in [0.2, 0.25) is 0 Å². The van der Waals surface area contributed by atoms with E-state index in [0.717, 1.165) is 11.1 Å². The van der Waals surface area contributed by atoms with Gasteiger partial charge in [0.25, 0.3) is 11.8 Å². The predicted octanol–water partition coefficient (Wildman–Crippen LogP) is 3.15. The predicted molar refractivity (Wildman–Crippen MR) is 118 cm³/mol. The molecule has 0 radical (unpaired) electrons. The number of hydrogen-bond acceptors (Lipinski definition) is 5. The van der Waals surface area contributed by atoms with E-state index in [1.165, 1.54) is 12.1 Å². The fraction of sp³-hybridized carbons (Fsp3) is 0.120. The molecule has 0 aliphatic carbocycles. The first-order chi connectivity index (χ1) is 15.3. The van der Waals surface area contributed by atoms with Gasteiger partial charge in [-0.15, -0.1) is 0 Å². The van der Waals surface area contributed by atoms with E-state index in [-0.39, 0.29) is 16.9 Å². The number of carbonyl (C=O) groups excluding carboxylic acids is 4. The molecule has 0 aromatic heterocycles. The number of nitrogens with one attached hydrogen (secondary N) is 2. The van der Waals surface area contributed by atoms with Crippen molar-refractivity contribution in [2.24, 2.45) is 0 Å². The van der Waals surface area contributed by atoms with Crippen LogP contribution in [0.3, 0.4) is 0 Å². The maximum absolute atomic E-state index is 12.8. The van der Waals surface area contributed by atoms with Crippen LogP contribution in [0.1, 0.15) is 47.8 Å². The Kier molecular flexibility index (Phi) is 7.13. The molecule has 0 aliphatic rings. The Labute approximate surface area is 185 Å². The number of benzene rings is 3. The molecule has 3 rings (SSSR count). The van der Waals surface area contributed by atoms with Crippen LogP contribution in [-0.2, 0) is 9.53 Å². The van der Waals surface area contributed by atoms with Gasteiger partial charge in [-0.1, -0.05) is 65.7 Å². The first kappa shape index (κ1) is 22.4. The zero-order valence-electron chi connectivity index (χ0n) is 17.7. The van der Waals surface area contributed by atoms with E-state index in [1.54, 1.807) is 48.5 Å². The molecule has 2 amide bonds. The lowest BCUT2D eigenvalue weighted by Gasteiger charge is -2.10. The smallest absolute Gasteiger partial charge is 0.339 e. The molecule has 0 bridgehead atoms. The molecule has 32 heavy (non-hydrogen) atoms. The summed E-state index contributed by atoms with van der Waals surface area (Å²) >= 11 is 0. The normalized spacial score (nSPS) is 10.2. The number of hydrazine groups is 1. The van der Waals surface area contributed by atoms with Gasteiger partial charge in [0.1, 0.15) is 0 Å². The molecule has 3 aromatic carbocycles. The third kappa shape index (κ3) is 5.66. The maximum Gasteiger partial charge on any atom is 0.339 e. The van der Waals surface area contributed by atoms with E-state index >= 15 is 0 Å². The number of amides is 2. The molecule has 7 heteroatoms. The molecule has 0 saturated heterocycles. The summed E-state index contributed by atoms with van der Waals surface area (Å²) in [6.07, 6.45) is 0. The van der Waals surface area contributed by atoms with Gasteiger partial charge >= 0.3 is 5.97 Å². The Bertz CT molecular complexity index is 1150. The molecule has 0 fully saturated rings. The average Bonchev–Trinajstić information content (AvgIpc) is 2.81. The fourth-order valence-corrected chi connectivity index (χ4v) is 2.87. The van der Waals surface area contributed by atoms with Crippen LogP contribution in [0, 0.1) is 13.8 Å². The van der Waals surface area contributed by atoms with Crippen molar-refractivity contribution in [3.63, 3.8) is 0 Å². The molecule has 7 nitrogen and oxygen atoms in total. The molecule has 0 heterocycles. The summed E-state index contributed by atoms with van der Waals surface area (Å²) in [6, 6.07) is 20.0. The summed E-state index contributed by atoms with van der Waals surface area (Å²) in [6.45, 7) is 3.18. The van der Waals surface area contributed by atoms with Gasteiger partial charge in [-0.25, -0.2) is 4.79 Å². The van der Waals surface area contributed by atoms with E-state index in [9.17, 15) is 19.2 Å². The number of esters is 1. The highest BCUT2D eigenvalue weighted by atomic mass is 16.5. The van der Waals surface area contributed by atoms with Crippen LogP contribution >= 0.6 is 0 Å². The SMILES string of the molecule is Cc1ccc(C(=O)NNC(=O)COC(=O)c2ccccc2C(=O)c2ccc(C)cc2)cc1. The van der Waals surface area contributed by atoms with Crippen LogP contribution in [0.15, 0.2) is 72.8 Å². The second-order valence-corrected chi connectivity index (χ2v) is 7.19. The lowest BCUT2D eigenvalue weighted by molar-refractivity contribution is -0.125. The molecular formula is C25H22N2O5. The van der Waals surface area contributed by atoms with Crippen molar-refractivity contribution in [1.82, 2.24) is 10.9 Å². The number of carbonyl (C=O) groups is 4. The van der Waals surface area contributed by atoms with Crippen molar-refractivity contribution in [1.29, 1.82) is 0 Å². The summed E-state index contributed by atoms with van der Waals surface area (Å²) < 4.78 is 5.03. The second kappa shape index (κ2) is 10.2. The van der Waals surface area contributed by atoms with Gasteiger partial charge in [0.15, 0.2) is 12.4 Å². The number of aryl methyl sites for hydroxylation is 2. The summed E-state index contributed by atoms with van der Waals surface area (Å²) in [5.74, 6) is -2.37. The molecule has 3 aromatic rings. The van der Waals surface area contributed by atoms with E-state index in [2.05, 4.69) is 10.9 Å². The van der Waals surface area contributed by atoms with Crippen molar-refractivity contribution in [3.05, 3.63) is 106 Å². The van der Waals surface area contributed by atoms with Gasteiger partial charge in [-0.2, -0.15) is 0 Å². The first-order valence-corrected chi connectivity index (χ1v) is 9.88. The Morgan fingerprint density at radius 1 is 0.688 bits per heavy atom. The van der Waals surface area contributed by atoms with E-state index < -0.39 is 24.4 Å². The summed E-state index contributed by atoms with van der Waals surface area (Å²) in [7, 11) is 0. The number of hydrogen-bond donors (Lipinski definition) is 2. The van der Waals surface area contributed by atoms with Gasteiger partial charge in [0.05, 0.1) is 5.56 Å². The number of rotatable bonds is 6. The topological polar surface area (TPSA) is 102 Å². The minimum Gasteiger partial charge on any atom is -0.452 e. The Balaban J connectivity index is 1.58. The molecule has 2 N–H and O–H groups in total. The Morgan fingerprint density at radius 2 is 1.22 bits per heavy atom. The highest BCUT2D eigenvalue weighted by Gasteiger charge is 2.20. The van der Waals surface area contributed by atoms with Gasteiger partial charge in [-0.05, 0) is 32.0 Å². The Hall–Kier alpha value is -4.26. The van der Waals surface area contributed by atoms with Crippen LogP contribution in [0.2, 0.25) is 0 Å². The summed E-state index contributed by atoms with van der Waals surface area (Å²) in [5.41, 5.74) is 7.48. The van der Waals surface area contributed by atoms with Crippen LogP contribution in [0.4, 0.5) is 0 Å².